The van der Waals surface area contributed by atoms with Crippen molar-refractivity contribution < 1.29 is 19.4 Å². The first kappa shape index (κ1) is 19.5. The molecule has 0 saturated carbocycles. The zero-order chi connectivity index (χ0) is 20.3. The van der Waals surface area contributed by atoms with E-state index >= 15 is 0 Å². The molecule has 1 aromatic carbocycles. The van der Waals surface area contributed by atoms with Gasteiger partial charge < -0.3 is 19.9 Å². The smallest absolute Gasteiger partial charge is 0.404 e. The number of hydrogen-bond donors (Lipinski definition) is 2. The minimum Gasteiger partial charge on any atom is -0.492 e. The summed E-state index contributed by atoms with van der Waals surface area (Å²) < 4.78 is 11.9. The van der Waals surface area contributed by atoms with E-state index in [9.17, 15) is 10.1 Å². The van der Waals surface area contributed by atoms with E-state index in [1.54, 1.807) is 24.5 Å². The second-order valence-electron chi connectivity index (χ2n) is 7.18. The van der Waals surface area contributed by atoms with Gasteiger partial charge in [-0.3, -0.25) is 4.98 Å². The topological polar surface area (TPSA) is 104 Å². The lowest BCUT2D eigenvalue weighted by Gasteiger charge is -2.27. The monoisotopic (exact) mass is 381 g/mol. The van der Waals surface area contributed by atoms with Gasteiger partial charge in [0.2, 0.25) is 0 Å². The molecule has 0 bridgehead atoms. The van der Waals surface area contributed by atoms with Gasteiger partial charge in [0.15, 0.2) is 0 Å². The fourth-order valence-corrected chi connectivity index (χ4v) is 3.48. The molecule has 7 heteroatoms. The van der Waals surface area contributed by atoms with Crippen LogP contribution in [-0.2, 0) is 0 Å². The summed E-state index contributed by atoms with van der Waals surface area (Å²) in [6.45, 7) is 6.12. The highest BCUT2D eigenvalue weighted by Crippen LogP contribution is 2.44. The van der Waals surface area contributed by atoms with Crippen LogP contribution in [0.15, 0.2) is 30.6 Å². The first-order chi connectivity index (χ1) is 13.4. The van der Waals surface area contributed by atoms with Crippen LogP contribution in [0, 0.1) is 17.2 Å². The Hall–Kier alpha value is -3.27. The number of benzene rings is 1. The Kier molecular flexibility index (Phi) is 5.69. The summed E-state index contributed by atoms with van der Waals surface area (Å²) in [6, 6.07) is 7.49. The van der Waals surface area contributed by atoms with Crippen molar-refractivity contribution in [2.24, 2.45) is 5.92 Å². The summed E-state index contributed by atoms with van der Waals surface area (Å²) in [5.74, 6) is 1.25. The third-order valence-electron chi connectivity index (χ3n) is 4.74. The number of pyridine rings is 1. The van der Waals surface area contributed by atoms with Crippen LogP contribution < -0.4 is 14.8 Å². The molecule has 146 valence electrons. The molecule has 28 heavy (non-hydrogen) atoms. The summed E-state index contributed by atoms with van der Waals surface area (Å²) >= 11 is 0. The van der Waals surface area contributed by atoms with E-state index in [0.29, 0.717) is 30.1 Å². The minimum atomic E-state index is -1.04. The van der Waals surface area contributed by atoms with Crippen molar-refractivity contribution in [3.05, 3.63) is 41.7 Å². The Morgan fingerprint density at radius 3 is 2.93 bits per heavy atom. The fraction of sp³-hybridized carbons (Fsp3) is 0.381. The summed E-state index contributed by atoms with van der Waals surface area (Å²) in [5.41, 5.74) is 3.28. The van der Waals surface area contributed by atoms with Crippen molar-refractivity contribution in [1.82, 2.24) is 10.3 Å². The Bertz CT molecular complexity index is 922. The molecule has 3 atom stereocenters. The van der Waals surface area contributed by atoms with Crippen LogP contribution in [0.2, 0.25) is 0 Å². The van der Waals surface area contributed by atoms with E-state index in [2.05, 4.69) is 16.4 Å². The van der Waals surface area contributed by atoms with Gasteiger partial charge in [0.1, 0.15) is 23.7 Å². The number of rotatable bonds is 6. The van der Waals surface area contributed by atoms with Crippen molar-refractivity contribution in [3.63, 3.8) is 0 Å². The summed E-state index contributed by atoms with van der Waals surface area (Å²) in [7, 11) is 0. The van der Waals surface area contributed by atoms with E-state index < -0.39 is 6.09 Å². The number of carbonyl (C=O) groups is 1. The largest absolute Gasteiger partial charge is 0.492 e. The number of amides is 1. The van der Waals surface area contributed by atoms with E-state index in [0.717, 1.165) is 16.7 Å². The summed E-state index contributed by atoms with van der Waals surface area (Å²) in [4.78, 5) is 14.9. The average molecular weight is 381 g/mol. The first-order valence-corrected chi connectivity index (χ1v) is 9.20. The normalized spacial score (nSPS) is 16.6. The zero-order valence-electron chi connectivity index (χ0n) is 16.1. The van der Waals surface area contributed by atoms with Gasteiger partial charge in [-0.15, -0.1) is 0 Å². The predicted octanol–water partition coefficient (Wildman–Crippen LogP) is 4.13. The summed E-state index contributed by atoms with van der Waals surface area (Å²) in [5, 5.41) is 20.8. The van der Waals surface area contributed by atoms with Gasteiger partial charge in [-0.05, 0) is 43.9 Å². The maximum absolute atomic E-state index is 10.7. The van der Waals surface area contributed by atoms with Crippen LogP contribution >= 0.6 is 0 Å². The molecule has 0 saturated heterocycles. The molecule has 0 spiro atoms. The van der Waals surface area contributed by atoms with Gasteiger partial charge in [0.25, 0.3) is 0 Å². The van der Waals surface area contributed by atoms with E-state index in [1.807, 2.05) is 26.8 Å². The number of nitriles is 1. The highest BCUT2D eigenvalue weighted by molar-refractivity contribution is 5.78. The molecule has 0 fully saturated rings. The SMILES string of the molecule is CC(COc1cc2c(cc1C#N)-c1ccncc1C(C)O2)C[C@H](C)NC(=O)O. The molecule has 2 aromatic rings. The number of ether oxygens (including phenoxy) is 2. The van der Waals surface area contributed by atoms with Crippen molar-refractivity contribution >= 4 is 6.09 Å². The Balaban J connectivity index is 1.78. The highest BCUT2D eigenvalue weighted by Gasteiger charge is 2.25. The van der Waals surface area contributed by atoms with Crippen LogP contribution in [0.4, 0.5) is 4.79 Å². The van der Waals surface area contributed by atoms with Gasteiger partial charge in [0, 0.05) is 35.6 Å². The average Bonchev–Trinajstić information content (AvgIpc) is 2.65. The van der Waals surface area contributed by atoms with Crippen LogP contribution in [-0.4, -0.2) is 28.8 Å². The third kappa shape index (κ3) is 4.17. The number of hydrogen-bond acceptors (Lipinski definition) is 5. The lowest BCUT2D eigenvalue weighted by atomic mass is 9.93. The molecular weight excluding hydrogens is 358 g/mol. The maximum Gasteiger partial charge on any atom is 0.404 e. The Morgan fingerprint density at radius 2 is 2.21 bits per heavy atom. The van der Waals surface area contributed by atoms with Crippen molar-refractivity contribution in [2.45, 2.75) is 39.3 Å². The highest BCUT2D eigenvalue weighted by atomic mass is 16.5. The van der Waals surface area contributed by atoms with Gasteiger partial charge in [-0.2, -0.15) is 5.26 Å². The van der Waals surface area contributed by atoms with E-state index in [1.165, 1.54) is 0 Å². The lowest BCUT2D eigenvalue weighted by molar-refractivity contribution is 0.185. The number of nitrogens with one attached hydrogen (secondary N) is 1. The van der Waals surface area contributed by atoms with Crippen LogP contribution in [0.25, 0.3) is 11.1 Å². The molecule has 1 aromatic heterocycles. The minimum absolute atomic E-state index is 0.107. The molecular formula is C21H23N3O4. The quantitative estimate of drug-likeness (QED) is 0.779. The van der Waals surface area contributed by atoms with Crippen molar-refractivity contribution in [1.29, 1.82) is 5.26 Å². The van der Waals surface area contributed by atoms with Crippen molar-refractivity contribution in [2.75, 3.05) is 6.61 Å². The van der Waals surface area contributed by atoms with Crippen LogP contribution in [0.1, 0.15) is 44.4 Å². The molecule has 7 nitrogen and oxygen atoms in total. The first-order valence-electron chi connectivity index (χ1n) is 9.20. The second kappa shape index (κ2) is 8.17. The molecule has 1 aliphatic rings. The molecule has 2 N–H and O–H groups in total. The number of carboxylic acid groups (broad SMARTS) is 1. The van der Waals surface area contributed by atoms with Crippen LogP contribution in [0.3, 0.4) is 0 Å². The standard InChI is InChI=1S/C21H23N3O4/c1-12(6-13(2)24-21(25)26)11-27-19-8-20-17(7-15(19)9-22)16-4-5-23-10-18(16)14(3)28-20/h4-5,7-8,10,12-14,24H,6,11H2,1-3H3,(H,25,26)/t12?,13-,14?/m0/s1. The van der Waals surface area contributed by atoms with Gasteiger partial charge in [-0.25, -0.2) is 4.79 Å². The molecule has 2 unspecified atom stereocenters. The zero-order valence-corrected chi connectivity index (χ0v) is 16.1. The molecule has 0 aliphatic carbocycles. The van der Waals surface area contributed by atoms with Gasteiger partial charge in [-0.1, -0.05) is 6.92 Å². The predicted molar refractivity (Wildman–Crippen MR) is 103 cm³/mol. The van der Waals surface area contributed by atoms with Crippen molar-refractivity contribution in [3.8, 4) is 28.7 Å². The number of fused-ring (bicyclic) bond motifs is 3. The second-order valence-corrected chi connectivity index (χ2v) is 7.18. The third-order valence-corrected chi connectivity index (χ3v) is 4.74. The van der Waals surface area contributed by atoms with E-state index in [-0.39, 0.29) is 18.1 Å². The summed E-state index contributed by atoms with van der Waals surface area (Å²) in [6.07, 6.45) is 2.97. The molecule has 1 aliphatic heterocycles. The number of aromatic nitrogens is 1. The maximum atomic E-state index is 10.7. The molecule has 3 rings (SSSR count). The van der Waals surface area contributed by atoms with E-state index in [4.69, 9.17) is 14.6 Å². The van der Waals surface area contributed by atoms with Gasteiger partial charge in [0.05, 0.1) is 12.2 Å². The fourth-order valence-electron chi connectivity index (χ4n) is 3.48. The molecule has 2 heterocycles. The lowest BCUT2D eigenvalue weighted by Crippen LogP contribution is -2.33. The van der Waals surface area contributed by atoms with Gasteiger partial charge >= 0.3 is 6.09 Å². The molecule has 1 amide bonds. The van der Waals surface area contributed by atoms with Crippen LogP contribution in [0.5, 0.6) is 11.5 Å². The Morgan fingerprint density at radius 1 is 1.43 bits per heavy atom. The Labute approximate surface area is 163 Å². The number of nitrogens with zero attached hydrogens (tertiary/aromatic N) is 2. The molecule has 0 radical (unpaired) electrons.